The molecule has 6 rings (SSSR count). The highest BCUT2D eigenvalue weighted by molar-refractivity contribution is 5.81. The maximum Gasteiger partial charge on any atom is 0.253 e. The van der Waals surface area contributed by atoms with Crippen LogP contribution < -0.4 is 5.56 Å². The normalized spacial score (nSPS) is 19.0. The molecule has 0 radical (unpaired) electrons. The third kappa shape index (κ3) is 4.85. The fraction of sp³-hybridized carbons (Fsp3) is 0.500. The van der Waals surface area contributed by atoms with Gasteiger partial charge in [-0.2, -0.15) is 0 Å². The van der Waals surface area contributed by atoms with Crippen LogP contribution in [-0.4, -0.2) is 67.2 Å². The fourth-order valence-corrected chi connectivity index (χ4v) is 6.07. The summed E-state index contributed by atoms with van der Waals surface area (Å²) in [4.78, 5) is 21.7. The molecule has 0 amide bonds. The number of nitrogens with zero attached hydrogens (tertiary/aromatic N) is 6. The summed E-state index contributed by atoms with van der Waals surface area (Å²) in [6.07, 6.45) is 8.28. The van der Waals surface area contributed by atoms with Crippen LogP contribution in [0.25, 0.3) is 10.9 Å². The highest BCUT2D eigenvalue weighted by Gasteiger charge is 2.34. The van der Waals surface area contributed by atoms with Crippen molar-refractivity contribution in [2.45, 2.75) is 64.6 Å². The van der Waals surface area contributed by atoms with Crippen molar-refractivity contribution in [1.29, 1.82) is 0 Å². The lowest BCUT2D eigenvalue weighted by molar-refractivity contribution is 0.0617. The molecule has 1 saturated heterocycles. The SMILES string of the molecule is Cc1cc2cc([C@@H](c3nnnn3Cc3ccco3)N3CCN(C4CCCCC4)CC3)c(=O)[nH]c2cc1C. The number of tetrazole rings is 1. The molecule has 2 fully saturated rings. The van der Waals surface area contributed by atoms with E-state index in [1.54, 1.807) is 10.9 Å². The second-order valence-corrected chi connectivity index (χ2v) is 10.6. The molecular formula is C28H35N7O2. The second kappa shape index (κ2) is 10.2. The zero-order valence-electron chi connectivity index (χ0n) is 21.7. The van der Waals surface area contributed by atoms with Gasteiger partial charge in [0.1, 0.15) is 18.3 Å². The van der Waals surface area contributed by atoms with Gasteiger partial charge in [0, 0.05) is 43.3 Å². The number of H-pyrrole nitrogens is 1. The van der Waals surface area contributed by atoms with Crippen molar-refractivity contribution >= 4 is 10.9 Å². The van der Waals surface area contributed by atoms with Crippen molar-refractivity contribution in [2.75, 3.05) is 26.2 Å². The molecule has 0 spiro atoms. The van der Waals surface area contributed by atoms with Crippen LogP contribution in [-0.2, 0) is 6.54 Å². The number of piperazine rings is 1. The average Bonchev–Trinajstić information content (AvgIpc) is 3.60. The summed E-state index contributed by atoms with van der Waals surface area (Å²) < 4.78 is 7.34. The van der Waals surface area contributed by atoms with E-state index in [1.807, 2.05) is 18.2 Å². The van der Waals surface area contributed by atoms with Crippen molar-refractivity contribution in [1.82, 2.24) is 35.0 Å². The number of aromatic amines is 1. The first-order chi connectivity index (χ1) is 18.1. The Kier molecular flexibility index (Phi) is 6.65. The van der Waals surface area contributed by atoms with Gasteiger partial charge in [-0.1, -0.05) is 19.3 Å². The van der Waals surface area contributed by atoms with E-state index in [0.717, 1.165) is 48.4 Å². The molecule has 1 aliphatic heterocycles. The van der Waals surface area contributed by atoms with Crippen LogP contribution in [0.2, 0.25) is 0 Å². The Balaban J connectivity index is 1.37. The molecule has 0 unspecified atom stereocenters. The molecule has 4 aromatic rings. The average molecular weight is 502 g/mol. The Hall–Kier alpha value is -3.30. The van der Waals surface area contributed by atoms with E-state index in [4.69, 9.17) is 4.42 Å². The Labute approximate surface area is 216 Å². The summed E-state index contributed by atoms with van der Waals surface area (Å²) in [5.41, 5.74) is 3.80. The van der Waals surface area contributed by atoms with Crippen LogP contribution in [0.5, 0.6) is 0 Å². The smallest absolute Gasteiger partial charge is 0.253 e. The molecule has 194 valence electrons. The molecule has 2 aliphatic rings. The summed E-state index contributed by atoms with van der Waals surface area (Å²) >= 11 is 0. The number of furan rings is 1. The maximum absolute atomic E-state index is 13.6. The number of hydrogen-bond donors (Lipinski definition) is 1. The lowest BCUT2D eigenvalue weighted by Gasteiger charge is -2.42. The zero-order valence-corrected chi connectivity index (χ0v) is 21.7. The van der Waals surface area contributed by atoms with Crippen LogP contribution >= 0.6 is 0 Å². The number of rotatable bonds is 6. The molecule has 9 nitrogen and oxygen atoms in total. The number of fused-ring (bicyclic) bond motifs is 1. The van der Waals surface area contributed by atoms with Gasteiger partial charge in [0.15, 0.2) is 5.82 Å². The van der Waals surface area contributed by atoms with Crippen LogP contribution in [0.1, 0.15) is 66.4 Å². The van der Waals surface area contributed by atoms with Crippen LogP contribution in [0.3, 0.4) is 0 Å². The predicted octanol–water partition coefficient (Wildman–Crippen LogP) is 3.81. The highest BCUT2D eigenvalue weighted by Crippen LogP contribution is 2.30. The molecule has 1 aliphatic carbocycles. The monoisotopic (exact) mass is 501 g/mol. The van der Waals surface area contributed by atoms with Crippen molar-refractivity contribution in [3.8, 4) is 0 Å². The van der Waals surface area contributed by atoms with Crippen molar-refractivity contribution in [3.05, 3.63) is 75.2 Å². The minimum atomic E-state index is -0.353. The summed E-state index contributed by atoms with van der Waals surface area (Å²) in [6, 6.07) is 10.3. The summed E-state index contributed by atoms with van der Waals surface area (Å²) in [5.74, 6) is 1.43. The van der Waals surface area contributed by atoms with E-state index in [2.05, 4.69) is 56.3 Å². The molecule has 4 heterocycles. The third-order valence-electron chi connectivity index (χ3n) is 8.28. The van der Waals surface area contributed by atoms with Gasteiger partial charge >= 0.3 is 0 Å². The van der Waals surface area contributed by atoms with E-state index >= 15 is 0 Å². The molecule has 1 saturated carbocycles. The van der Waals surface area contributed by atoms with Gasteiger partial charge in [0.2, 0.25) is 0 Å². The van der Waals surface area contributed by atoms with Gasteiger partial charge in [-0.15, -0.1) is 5.10 Å². The number of pyridine rings is 1. The van der Waals surface area contributed by atoms with Crippen LogP contribution in [0.15, 0.2) is 45.8 Å². The quantitative estimate of drug-likeness (QED) is 0.429. The third-order valence-corrected chi connectivity index (χ3v) is 8.28. The van der Waals surface area contributed by atoms with Crippen LogP contribution in [0.4, 0.5) is 0 Å². The van der Waals surface area contributed by atoms with E-state index in [9.17, 15) is 4.79 Å². The summed E-state index contributed by atoms with van der Waals surface area (Å²) in [7, 11) is 0. The molecule has 37 heavy (non-hydrogen) atoms. The molecule has 1 N–H and O–H groups in total. The van der Waals surface area contributed by atoms with Gasteiger partial charge < -0.3 is 9.40 Å². The van der Waals surface area contributed by atoms with Gasteiger partial charge in [-0.3, -0.25) is 14.6 Å². The number of hydrogen-bond acceptors (Lipinski definition) is 7. The first-order valence-electron chi connectivity index (χ1n) is 13.5. The fourth-order valence-electron chi connectivity index (χ4n) is 6.07. The topological polar surface area (TPSA) is 96.1 Å². The standard InChI is InChI=1S/C28H35N7O2/c1-19-15-21-17-24(28(36)29-25(21)16-20(19)2)26(27-30-31-32-35(27)18-23-9-6-14-37-23)34-12-10-33(11-13-34)22-7-4-3-5-8-22/h6,9,14-17,22,26H,3-5,7-8,10-13,18H2,1-2H3,(H,29,36)/t26-/m0/s1. The highest BCUT2D eigenvalue weighted by atomic mass is 16.3. The lowest BCUT2D eigenvalue weighted by Crippen LogP contribution is -2.52. The molecule has 1 aromatic carbocycles. The van der Waals surface area contributed by atoms with Crippen molar-refractivity contribution < 1.29 is 4.42 Å². The van der Waals surface area contributed by atoms with E-state index in [1.165, 1.54) is 37.7 Å². The van der Waals surface area contributed by atoms with Gasteiger partial charge in [0.25, 0.3) is 5.56 Å². The Bertz CT molecular complexity index is 1410. The first-order valence-corrected chi connectivity index (χ1v) is 13.5. The first kappa shape index (κ1) is 24.1. The number of nitrogens with one attached hydrogen (secondary N) is 1. The van der Waals surface area contributed by atoms with E-state index < -0.39 is 0 Å². The summed E-state index contributed by atoms with van der Waals surface area (Å²) in [6.45, 7) is 8.29. The number of aromatic nitrogens is 5. The molecule has 1 atom stereocenters. The molecular weight excluding hydrogens is 466 g/mol. The molecule has 0 bridgehead atoms. The van der Waals surface area contributed by atoms with Crippen LogP contribution in [0, 0.1) is 13.8 Å². The minimum absolute atomic E-state index is 0.0944. The van der Waals surface area contributed by atoms with E-state index in [0.29, 0.717) is 24.0 Å². The van der Waals surface area contributed by atoms with Gasteiger partial charge in [-0.25, -0.2) is 4.68 Å². The number of benzene rings is 1. The predicted molar refractivity (Wildman–Crippen MR) is 142 cm³/mol. The molecule has 9 heteroatoms. The maximum atomic E-state index is 13.6. The van der Waals surface area contributed by atoms with Gasteiger partial charge in [0.05, 0.1) is 6.26 Å². The Morgan fingerprint density at radius 3 is 2.59 bits per heavy atom. The Morgan fingerprint density at radius 1 is 1.05 bits per heavy atom. The lowest BCUT2D eigenvalue weighted by atomic mass is 9.93. The van der Waals surface area contributed by atoms with Gasteiger partial charge in [-0.05, 0) is 84.0 Å². The largest absolute Gasteiger partial charge is 0.467 e. The number of aryl methyl sites for hydroxylation is 2. The molecule has 3 aromatic heterocycles. The van der Waals surface area contributed by atoms with Crippen molar-refractivity contribution in [2.24, 2.45) is 0 Å². The minimum Gasteiger partial charge on any atom is -0.467 e. The second-order valence-electron chi connectivity index (χ2n) is 10.6. The van der Waals surface area contributed by atoms with E-state index in [-0.39, 0.29) is 11.6 Å². The van der Waals surface area contributed by atoms with Crippen molar-refractivity contribution in [3.63, 3.8) is 0 Å². The zero-order chi connectivity index (χ0) is 25.4. The Morgan fingerprint density at radius 2 is 1.84 bits per heavy atom. The summed E-state index contributed by atoms with van der Waals surface area (Å²) in [5, 5.41) is 13.8.